The van der Waals surface area contributed by atoms with Gasteiger partial charge in [0.2, 0.25) is 0 Å². The fraction of sp³-hybridized carbons (Fsp3) is 0.133. The van der Waals surface area contributed by atoms with Gasteiger partial charge in [-0.15, -0.1) is 0 Å². The summed E-state index contributed by atoms with van der Waals surface area (Å²) in [4.78, 5) is 12.1. The fourth-order valence-corrected chi connectivity index (χ4v) is 2.31. The lowest BCUT2D eigenvalue weighted by Gasteiger charge is -2.10. The third-order valence-corrected chi connectivity index (χ3v) is 4.32. The molecular formula is C15H14BrClN2O. The lowest BCUT2D eigenvalue weighted by atomic mass is 10.1. The van der Waals surface area contributed by atoms with Crippen LogP contribution in [0.3, 0.4) is 0 Å². The maximum absolute atomic E-state index is 12.1. The van der Waals surface area contributed by atoms with Crippen LogP contribution in [0.4, 0.5) is 5.69 Å². The van der Waals surface area contributed by atoms with Gasteiger partial charge in [0.15, 0.2) is 0 Å². The van der Waals surface area contributed by atoms with Crippen LogP contribution in [0.2, 0.25) is 5.02 Å². The molecule has 1 amide bonds. The van der Waals surface area contributed by atoms with E-state index in [1.165, 1.54) is 0 Å². The van der Waals surface area contributed by atoms with Crippen molar-refractivity contribution in [3.63, 3.8) is 0 Å². The Balaban J connectivity index is 2.08. The number of halogens is 2. The van der Waals surface area contributed by atoms with E-state index >= 15 is 0 Å². The molecule has 0 bridgehead atoms. The Bertz CT molecular complexity index is 658. The largest absolute Gasteiger partial charge is 0.399 e. The molecule has 2 aromatic carbocycles. The van der Waals surface area contributed by atoms with Crippen LogP contribution in [0.25, 0.3) is 0 Å². The number of rotatable bonds is 3. The van der Waals surface area contributed by atoms with Gasteiger partial charge in [0.1, 0.15) is 0 Å². The summed E-state index contributed by atoms with van der Waals surface area (Å²) in [5.74, 6) is -0.149. The van der Waals surface area contributed by atoms with E-state index in [9.17, 15) is 4.79 Å². The molecule has 0 aromatic heterocycles. The average molecular weight is 354 g/mol. The van der Waals surface area contributed by atoms with Crippen molar-refractivity contribution >= 4 is 39.1 Å². The Morgan fingerprint density at radius 2 is 2.10 bits per heavy atom. The first-order valence-electron chi connectivity index (χ1n) is 6.06. The lowest BCUT2D eigenvalue weighted by Crippen LogP contribution is -2.23. The van der Waals surface area contributed by atoms with Crippen LogP contribution in [0.15, 0.2) is 40.9 Å². The third kappa shape index (κ3) is 3.32. The van der Waals surface area contributed by atoms with Crippen LogP contribution in [0, 0.1) is 6.92 Å². The quantitative estimate of drug-likeness (QED) is 0.822. The van der Waals surface area contributed by atoms with E-state index in [4.69, 9.17) is 17.3 Å². The molecule has 0 saturated heterocycles. The third-order valence-electron chi connectivity index (χ3n) is 3.11. The molecule has 3 nitrogen and oxygen atoms in total. The molecule has 5 heteroatoms. The van der Waals surface area contributed by atoms with Gasteiger partial charge in [-0.1, -0.05) is 23.7 Å². The molecule has 3 N–H and O–H groups in total. The first-order valence-corrected chi connectivity index (χ1v) is 7.23. The van der Waals surface area contributed by atoms with Crippen LogP contribution >= 0.6 is 27.5 Å². The zero-order valence-electron chi connectivity index (χ0n) is 10.9. The van der Waals surface area contributed by atoms with E-state index in [0.717, 1.165) is 16.8 Å². The van der Waals surface area contributed by atoms with E-state index < -0.39 is 0 Å². The number of carbonyl (C=O) groups is 1. The van der Waals surface area contributed by atoms with Crippen LogP contribution in [0.5, 0.6) is 0 Å². The number of nitrogens with one attached hydrogen (secondary N) is 1. The molecule has 104 valence electrons. The van der Waals surface area contributed by atoms with Crippen LogP contribution in [0.1, 0.15) is 21.5 Å². The summed E-state index contributed by atoms with van der Waals surface area (Å²) >= 11 is 9.21. The predicted molar refractivity (Wildman–Crippen MR) is 85.9 cm³/mol. The van der Waals surface area contributed by atoms with Gasteiger partial charge in [-0.3, -0.25) is 4.79 Å². The standard InChI is InChI=1S/C15H14BrClN2O/c1-9-11(3-2-4-14(9)18)8-19-15(20)10-5-6-13(17)12(16)7-10/h2-7H,8,18H2,1H3,(H,19,20). The summed E-state index contributed by atoms with van der Waals surface area (Å²) in [7, 11) is 0. The van der Waals surface area contributed by atoms with Gasteiger partial charge in [-0.2, -0.15) is 0 Å². The Morgan fingerprint density at radius 3 is 2.80 bits per heavy atom. The predicted octanol–water partition coefficient (Wildman–Crippen LogP) is 3.92. The fourth-order valence-electron chi connectivity index (χ4n) is 1.81. The summed E-state index contributed by atoms with van der Waals surface area (Å²) in [5, 5.41) is 3.45. The van der Waals surface area contributed by atoms with Crippen molar-refractivity contribution in [1.29, 1.82) is 0 Å². The Kier molecular flexibility index (Phi) is 4.68. The monoisotopic (exact) mass is 352 g/mol. The highest BCUT2D eigenvalue weighted by Gasteiger charge is 2.08. The zero-order valence-corrected chi connectivity index (χ0v) is 13.3. The van der Waals surface area contributed by atoms with Crippen molar-refractivity contribution in [3.05, 3.63) is 62.6 Å². The Morgan fingerprint density at radius 1 is 1.35 bits per heavy atom. The number of nitrogen functional groups attached to an aromatic ring is 1. The maximum Gasteiger partial charge on any atom is 0.251 e. The molecule has 0 unspecified atom stereocenters. The van der Waals surface area contributed by atoms with Crippen molar-refractivity contribution in [3.8, 4) is 0 Å². The molecule has 2 aromatic rings. The molecule has 20 heavy (non-hydrogen) atoms. The minimum Gasteiger partial charge on any atom is -0.399 e. The molecule has 0 fully saturated rings. The van der Waals surface area contributed by atoms with Gasteiger partial charge in [0, 0.05) is 22.3 Å². The van der Waals surface area contributed by atoms with Crippen LogP contribution in [-0.2, 0) is 6.54 Å². The second-order valence-corrected chi connectivity index (χ2v) is 5.70. The molecule has 0 atom stereocenters. The van der Waals surface area contributed by atoms with E-state index in [2.05, 4.69) is 21.2 Å². The Labute approximate surface area is 131 Å². The van der Waals surface area contributed by atoms with Crippen molar-refractivity contribution in [2.24, 2.45) is 0 Å². The zero-order chi connectivity index (χ0) is 14.7. The summed E-state index contributed by atoms with van der Waals surface area (Å²) < 4.78 is 0.701. The first-order chi connectivity index (χ1) is 9.49. The molecule has 0 spiro atoms. The number of hydrogen-bond donors (Lipinski definition) is 2. The smallest absolute Gasteiger partial charge is 0.251 e. The van der Waals surface area contributed by atoms with Gasteiger partial charge in [0.05, 0.1) is 5.02 Å². The lowest BCUT2D eigenvalue weighted by molar-refractivity contribution is 0.0951. The molecule has 0 aliphatic carbocycles. The van der Waals surface area contributed by atoms with Crippen molar-refractivity contribution in [2.75, 3.05) is 5.73 Å². The SMILES string of the molecule is Cc1c(N)cccc1CNC(=O)c1ccc(Cl)c(Br)c1. The molecule has 0 saturated carbocycles. The summed E-state index contributed by atoms with van der Waals surface area (Å²) in [6, 6.07) is 10.7. The Hall–Kier alpha value is -1.52. The van der Waals surface area contributed by atoms with Crippen LogP contribution in [-0.4, -0.2) is 5.91 Å². The van der Waals surface area contributed by atoms with Gasteiger partial charge < -0.3 is 11.1 Å². The molecule has 2 rings (SSSR count). The topological polar surface area (TPSA) is 55.1 Å². The highest BCUT2D eigenvalue weighted by atomic mass is 79.9. The molecule has 0 aliphatic rings. The van der Waals surface area contributed by atoms with Crippen molar-refractivity contribution < 1.29 is 4.79 Å². The molecule has 0 aliphatic heterocycles. The van der Waals surface area contributed by atoms with Gasteiger partial charge in [-0.05, 0) is 58.2 Å². The van der Waals surface area contributed by atoms with Gasteiger partial charge in [0.25, 0.3) is 5.91 Å². The highest BCUT2D eigenvalue weighted by molar-refractivity contribution is 9.10. The van der Waals surface area contributed by atoms with E-state index in [-0.39, 0.29) is 5.91 Å². The molecule has 0 heterocycles. The molecular weight excluding hydrogens is 340 g/mol. The second kappa shape index (κ2) is 6.29. The summed E-state index contributed by atoms with van der Waals surface area (Å²) in [6.45, 7) is 2.38. The minimum absolute atomic E-state index is 0.149. The maximum atomic E-state index is 12.1. The van der Waals surface area contributed by atoms with E-state index in [1.807, 2.05) is 25.1 Å². The van der Waals surface area contributed by atoms with E-state index in [0.29, 0.717) is 21.6 Å². The second-order valence-electron chi connectivity index (χ2n) is 4.44. The minimum atomic E-state index is -0.149. The summed E-state index contributed by atoms with van der Waals surface area (Å²) in [5.41, 5.74) is 9.12. The van der Waals surface area contributed by atoms with Gasteiger partial charge in [-0.25, -0.2) is 0 Å². The first kappa shape index (κ1) is 14.9. The normalized spacial score (nSPS) is 10.3. The van der Waals surface area contributed by atoms with E-state index in [1.54, 1.807) is 18.2 Å². The number of hydrogen-bond acceptors (Lipinski definition) is 2. The summed E-state index contributed by atoms with van der Waals surface area (Å²) in [6.07, 6.45) is 0. The number of benzene rings is 2. The number of carbonyl (C=O) groups excluding carboxylic acids is 1. The number of anilines is 1. The number of nitrogens with two attached hydrogens (primary N) is 1. The highest BCUT2D eigenvalue weighted by Crippen LogP contribution is 2.23. The average Bonchev–Trinajstić information content (AvgIpc) is 2.43. The van der Waals surface area contributed by atoms with Gasteiger partial charge >= 0.3 is 0 Å². The van der Waals surface area contributed by atoms with Crippen molar-refractivity contribution in [2.45, 2.75) is 13.5 Å². The number of amides is 1. The van der Waals surface area contributed by atoms with Crippen molar-refractivity contribution in [1.82, 2.24) is 5.32 Å². The molecule has 0 radical (unpaired) electrons. The van der Waals surface area contributed by atoms with Crippen LogP contribution < -0.4 is 11.1 Å².